The number of amides is 1. The Bertz CT molecular complexity index is 659. The smallest absolute Gasteiger partial charge is 0.335 e. The maximum absolute atomic E-state index is 12.9. The van der Waals surface area contributed by atoms with Gasteiger partial charge in [-0.1, -0.05) is 36.4 Å². The van der Waals surface area contributed by atoms with Crippen molar-refractivity contribution in [1.29, 1.82) is 0 Å². The Morgan fingerprint density at radius 1 is 1.42 bits per heavy atom. The van der Waals surface area contributed by atoms with Crippen molar-refractivity contribution >= 4 is 18.2 Å². The summed E-state index contributed by atoms with van der Waals surface area (Å²) >= 11 is 0. The van der Waals surface area contributed by atoms with Gasteiger partial charge in [0.15, 0.2) is 5.54 Å². The van der Waals surface area contributed by atoms with Crippen LogP contribution in [0.1, 0.15) is 24.8 Å². The van der Waals surface area contributed by atoms with Gasteiger partial charge >= 0.3 is 5.97 Å². The largest absolute Gasteiger partial charge is 0.459 e. The highest BCUT2D eigenvalue weighted by molar-refractivity contribution is 5.93. The van der Waals surface area contributed by atoms with Gasteiger partial charge in [-0.25, -0.2) is 4.79 Å². The number of aldehydes is 1. The fraction of sp³-hybridized carbons (Fsp3) is 0.389. The molecule has 2 fully saturated rings. The molecular weight excluding hydrogens is 310 g/mol. The van der Waals surface area contributed by atoms with E-state index in [1.165, 1.54) is 4.90 Å². The summed E-state index contributed by atoms with van der Waals surface area (Å²) < 4.78 is 11.2. The molecule has 2 saturated heterocycles. The summed E-state index contributed by atoms with van der Waals surface area (Å²) in [5.74, 6) is -0.736. The van der Waals surface area contributed by atoms with Crippen LogP contribution in [-0.2, 0) is 30.5 Å². The predicted molar refractivity (Wildman–Crippen MR) is 84.6 cm³/mol. The van der Waals surface area contributed by atoms with Crippen LogP contribution in [0.5, 0.6) is 0 Å². The van der Waals surface area contributed by atoms with Crippen molar-refractivity contribution in [2.45, 2.75) is 43.7 Å². The minimum atomic E-state index is -1.31. The maximum atomic E-state index is 12.9. The number of carbonyl (C=O) groups excluding carboxylic acids is 3. The molecule has 0 spiro atoms. The minimum Gasteiger partial charge on any atom is -0.459 e. The van der Waals surface area contributed by atoms with E-state index in [-0.39, 0.29) is 31.8 Å². The quantitative estimate of drug-likeness (QED) is 0.329. The molecule has 126 valence electrons. The minimum absolute atomic E-state index is 0.0224. The molecule has 1 aromatic rings. The summed E-state index contributed by atoms with van der Waals surface area (Å²) in [7, 11) is 0. The second kappa shape index (κ2) is 6.57. The van der Waals surface area contributed by atoms with Gasteiger partial charge in [0.1, 0.15) is 25.2 Å². The van der Waals surface area contributed by atoms with E-state index in [1.54, 1.807) is 6.08 Å². The second-order valence-electron chi connectivity index (χ2n) is 5.93. The van der Waals surface area contributed by atoms with Crippen LogP contribution >= 0.6 is 0 Å². The van der Waals surface area contributed by atoms with E-state index in [4.69, 9.17) is 9.47 Å². The molecule has 0 radical (unpaired) electrons. The van der Waals surface area contributed by atoms with E-state index in [0.29, 0.717) is 6.29 Å². The maximum Gasteiger partial charge on any atom is 0.335 e. The third-order valence-corrected chi connectivity index (χ3v) is 4.52. The monoisotopic (exact) mass is 329 g/mol. The lowest BCUT2D eigenvalue weighted by Crippen LogP contribution is -2.65. The van der Waals surface area contributed by atoms with E-state index in [0.717, 1.165) is 5.56 Å². The van der Waals surface area contributed by atoms with E-state index in [1.807, 2.05) is 30.3 Å². The van der Waals surface area contributed by atoms with Gasteiger partial charge in [-0.3, -0.25) is 9.69 Å². The number of esters is 1. The van der Waals surface area contributed by atoms with Gasteiger partial charge in [0.25, 0.3) is 0 Å². The molecule has 6 heteroatoms. The number of β-lactam (4-membered cyclic amide) rings is 1. The van der Waals surface area contributed by atoms with E-state index in [9.17, 15) is 14.4 Å². The second-order valence-corrected chi connectivity index (χ2v) is 5.93. The van der Waals surface area contributed by atoms with Gasteiger partial charge in [0.2, 0.25) is 5.91 Å². The summed E-state index contributed by atoms with van der Waals surface area (Å²) in [6.07, 6.45) is 1.50. The number of fused-ring (bicyclic) bond motifs is 1. The highest BCUT2D eigenvalue weighted by Gasteiger charge is 2.65. The van der Waals surface area contributed by atoms with Crippen LogP contribution in [-0.4, -0.2) is 40.9 Å². The molecule has 6 nitrogen and oxygen atoms in total. The van der Waals surface area contributed by atoms with E-state index < -0.39 is 23.8 Å². The van der Waals surface area contributed by atoms with Crippen LogP contribution in [0, 0.1) is 0 Å². The third kappa shape index (κ3) is 2.53. The summed E-state index contributed by atoms with van der Waals surface area (Å²) in [5.41, 5.74) is -0.464. The molecule has 0 bridgehead atoms. The van der Waals surface area contributed by atoms with Gasteiger partial charge < -0.3 is 14.3 Å². The first-order valence-corrected chi connectivity index (χ1v) is 7.86. The van der Waals surface area contributed by atoms with Crippen molar-refractivity contribution in [3.63, 3.8) is 0 Å². The SMILES string of the molecule is C=CCC1(C(=O)OCc2ccccc2)C(CC=O)O[C@@H]2CC(=O)N21. The number of hydrogen-bond acceptors (Lipinski definition) is 5. The number of ether oxygens (including phenoxy) is 2. The average molecular weight is 329 g/mol. The third-order valence-electron chi connectivity index (χ3n) is 4.52. The van der Waals surface area contributed by atoms with Crippen LogP contribution < -0.4 is 0 Å². The zero-order chi connectivity index (χ0) is 17.2. The Kier molecular flexibility index (Phi) is 4.49. The van der Waals surface area contributed by atoms with Crippen molar-refractivity contribution < 1.29 is 23.9 Å². The Morgan fingerprint density at radius 3 is 2.79 bits per heavy atom. The fourth-order valence-corrected chi connectivity index (χ4v) is 3.38. The summed E-state index contributed by atoms with van der Waals surface area (Å²) in [4.78, 5) is 37.4. The summed E-state index contributed by atoms with van der Waals surface area (Å²) in [5, 5.41) is 0. The Balaban J connectivity index is 1.85. The topological polar surface area (TPSA) is 72.9 Å². The molecule has 3 rings (SSSR count). The van der Waals surface area contributed by atoms with Gasteiger partial charge in [-0.15, -0.1) is 6.58 Å². The lowest BCUT2D eigenvalue weighted by atomic mass is 9.84. The zero-order valence-corrected chi connectivity index (χ0v) is 13.2. The first-order valence-electron chi connectivity index (χ1n) is 7.86. The molecule has 1 aromatic carbocycles. The van der Waals surface area contributed by atoms with Crippen molar-refractivity contribution in [3.8, 4) is 0 Å². The molecule has 2 aliphatic rings. The molecule has 2 unspecified atom stereocenters. The molecule has 0 aromatic heterocycles. The molecule has 24 heavy (non-hydrogen) atoms. The highest BCUT2D eigenvalue weighted by Crippen LogP contribution is 2.45. The number of nitrogens with zero attached hydrogens (tertiary/aromatic N) is 1. The van der Waals surface area contributed by atoms with Crippen LogP contribution in [0.25, 0.3) is 0 Å². The van der Waals surface area contributed by atoms with Gasteiger partial charge in [-0.05, 0) is 5.56 Å². The molecule has 2 heterocycles. The fourth-order valence-electron chi connectivity index (χ4n) is 3.38. The average Bonchev–Trinajstić information content (AvgIpc) is 2.83. The lowest BCUT2D eigenvalue weighted by molar-refractivity contribution is -0.174. The Labute approximate surface area is 140 Å². The van der Waals surface area contributed by atoms with Crippen molar-refractivity contribution in [3.05, 3.63) is 48.6 Å². The molecule has 3 atom stereocenters. The van der Waals surface area contributed by atoms with Gasteiger partial charge in [0, 0.05) is 12.8 Å². The zero-order valence-electron chi connectivity index (χ0n) is 13.2. The number of benzene rings is 1. The van der Waals surface area contributed by atoms with Gasteiger partial charge in [-0.2, -0.15) is 0 Å². The van der Waals surface area contributed by atoms with E-state index >= 15 is 0 Å². The van der Waals surface area contributed by atoms with Crippen LogP contribution in [0.3, 0.4) is 0 Å². The van der Waals surface area contributed by atoms with Crippen LogP contribution in [0.4, 0.5) is 0 Å². The summed E-state index contributed by atoms with van der Waals surface area (Å²) in [6.45, 7) is 3.78. The highest BCUT2D eigenvalue weighted by atomic mass is 16.6. The van der Waals surface area contributed by atoms with Crippen LogP contribution in [0.2, 0.25) is 0 Å². The molecule has 1 amide bonds. The number of carbonyl (C=O) groups is 3. The van der Waals surface area contributed by atoms with Crippen molar-refractivity contribution in [2.24, 2.45) is 0 Å². The Hall–Kier alpha value is -2.47. The number of rotatable bonds is 7. The normalized spacial score (nSPS) is 28.0. The lowest BCUT2D eigenvalue weighted by Gasteiger charge is -2.43. The molecule has 0 aliphatic carbocycles. The molecule has 2 aliphatic heterocycles. The summed E-state index contributed by atoms with van der Waals surface area (Å²) in [6, 6.07) is 9.27. The van der Waals surface area contributed by atoms with E-state index in [2.05, 4.69) is 6.58 Å². The van der Waals surface area contributed by atoms with Crippen molar-refractivity contribution in [1.82, 2.24) is 4.90 Å². The van der Waals surface area contributed by atoms with Crippen molar-refractivity contribution in [2.75, 3.05) is 0 Å². The number of hydrogen-bond donors (Lipinski definition) is 0. The Morgan fingerprint density at radius 2 is 2.17 bits per heavy atom. The first-order chi connectivity index (χ1) is 11.6. The van der Waals surface area contributed by atoms with Gasteiger partial charge in [0.05, 0.1) is 6.42 Å². The standard InChI is InChI=1S/C18H19NO5/c1-2-9-18(17(22)23-12-13-6-4-3-5-7-13)14(8-10-20)24-16-11-15(21)19(16)18/h2-7,10,14,16H,1,8-9,11-12H2/t14?,16-,18?/m1/s1. The predicted octanol–water partition coefficient (Wildman–Crippen LogP) is 1.59. The molecule has 0 N–H and O–H groups in total. The van der Waals surface area contributed by atoms with Crippen LogP contribution in [0.15, 0.2) is 43.0 Å². The molecule has 0 saturated carbocycles. The molecular formula is C18H19NO5. The first kappa shape index (κ1) is 16.4.